The van der Waals surface area contributed by atoms with Crippen LogP contribution in [0.25, 0.3) is 0 Å². The summed E-state index contributed by atoms with van der Waals surface area (Å²) in [5.74, 6) is 1.02. The molecule has 0 bridgehead atoms. The summed E-state index contributed by atoms with van der Waals surface area (Å²) in [7, 11) is 5.30. The normalized spacial score (nSPS) is 11.9. The quantitative estimate of drug-likeness (QED) is 0.529. The van der Waals surface area contributed by atoms with Crippen LogP contribution in [-0.4, -0.2) is 50.9 Å². The minimum Gasteiger partial charge on any atom is -0.490 e. The molecule has 0 unspecified atom stereocenters. The summed E-state index contributed by atoms with van der Waals surface area (Å²) in [5.41, 5.74) is 1.87. The van der Waals surface area contributed by atoms with E-state index in [1.807, 2.05) is 56.4 Å². The Kier molecular flexibility index (Phi) is 7.23. The van der Waals surface area contributed by atoms with Crippen LogP contribution in [-0.2, 0) is 4.79 Å². The Morgan fingerprint density at radius 2 is 1.81 bits per heavy atom. The summed E-state index contributed by atoms with van der Waals surface area (Å²) in [4.78, 5) is 13.5. The van der Waals surface area contributed by atoms with Crippen LogP contribution < -0.4 is 14.5 Å². The van der Waals surface area contributed by atoms with Gasteiger partial charge in [-0.15, -0.1) is 0 Å². The topological polar surface area (TPSA) is 54.4 Å². The molecular formula is C21H27N3O3. The van der Waals surface area contributed by atoms with Gasteiger partial charge in [0.2, 0.25) is 0 Å². The Bertz CT molecular complexity index is 775. The van der Waals surface area contributed by atoms with Gasteiger partial charge < -0.3 is 14.4 Å². The average molecular weight is 369 g/mol. The maximum atomic E-state index is 12.0. The molecule has 1 atom stereocenters. The molecule has 0 aliphatic rings. The van der Waals surface area contributed by atoms with E-state index in [1.54, 1.807) is 38.3 Å². The van der Waals surface area contributed by atoms with Crippen LogP contribution in [0.5, 0.6) is 11.5 Å². The van der Waals surface area contributed by atoms with Gasteiger partial charge in [0.1, 0.15) is 0 Å². The lowest BCUT2D eigenvalue weighted by atomic mass is 10.2. The van der Waals surface area contributed by atoms with E-state index in [1.165, 1.54) is 4.90 Å². The fraction of sp³-hybridized carbons (Fsp3) is 0.333. The van der Waals surface area contributed by atoms with Crippen molar-refractivity contribution >= 4 is 17.8 Å². The van der Waals surface area contributed by atoms with Crippen LogP contribution in [0, 0.1) is 0 Å². The molecule has 0 spiro atoms. The SMILES string of the molecule is CCOc1cc(/C=N\N(C)c2ccccc2)ccc1O[C@@H](C)C(=O)N(C)C. The van der Waals surface area contributed by atoms with Crippen molar-refractivity contribution in [3.05, 3.63) is 54.1 Å². The van der Waals surface area contributed by atoms with Gasteiger partial charge in [-0.3, -0.25) is 9.80 Å². The molecule has 6 nitrogen and oxygen atoms in total. The summed E-state index contributed by atoms with van der Waals surface area (Å²) >= 11 is 0. The lowest BCUT2D eigenvalue weighted by Gasteiger charge is -2.20. The Morgan fingerprint density at radius 3 is 2.44 bits per heavy atom. The summed E-state index contributed by atoms with van der Waals surface area (Å²) in [5, 5.41) is 6.25. The maximum Gasteiger partial charge on any atom is 0.262 e. The highest BCUT2D eigenvalue weighted by atomic mass is 16.5. The van der Waals surface area contributed by atoms with Crippen LogP contribution in [0.1, 0.15) is 19.4 Å². The molecule has 0 aromatic heterocycles. The van der Waals surface area contributed by atoms with Crippen molar-refractivity contribution in [2.24, 2.45) is 5.10 Å². The molecule has 144 valence electrons. The Balaban J connectivity index is 2.16. The number of hydrazone groups is 1. The number of nitrogens with zero attached hydrogens (tertiary/aromatic N) is 3. The van der Waals surface area contributed by atoms with Crippen LogP contribution >= 0.6 is 0 Å². The number of hydrogen-bond acceptors (Lipinski definition) is 5. The van der Waals surface area contributed by atoms with E-state index in [9.17, 15) is 4.79 Å². The van der Waals surface area contributed by atoms with Crippen molar-refractivity contribution in [2.45, 2.75) is 20.0 Å². The van der Waals surface area contributed by atoms with E-state index in [4.69, 9.17) is 9.47 Å². The van der Waals surface area contributed by atoms with Gasteiger partial charge in [-0.25, -0.2) is 0 Å². The Morgan fingerprint density at radius 1 is 1.11 bits per heavy atom. The second-order valence-corrected chi connectivity index (χ2v) is 6.24. The second kappa shape index (κ2) is 9.62. The van der Waals surface area contributed by atoms with Crippen molar-refractivity contribution in [3.63, 3.8) is 0 Å². The van der Waals surface area contributed by atoms with Crippen LogP contribution in [0.4, 0.5) is 5.69 Å². The number of carbonyl (C=O) groups excluding carboxylic acids is 1. The number of rotatable bonds is 8. The van der Waals surface area contributed by atoms with E-state index >= 15 is 0 Å². The third-order valence-corrected chi connectivity index (χ3v) is 3.87. The van der Waals surface area contributed by atoms with Crippen LogP contribution in [0.2, 0.25) is 0 Å². The lowest BCUT2D eigenvalue weighted by Crippen LogP contribution is -2.35. The molecule has 0 aliphatic carbocycles. The number of carbonyl (C=O) groups is 1. The summed E-state index contributed by atoms with van der Waals surface area (Å²) < 4.78 is 11.5. The predicted octanol–water partition coefficient (Wildman–Crippen LogP) is 3.41. The largest absolute Gasteiger partial charge is 0.490 e. The zero-order chi connectivity index (χ0) is 19.8. The molecule has 0 saturated heterocycles. The van der Waals surface area contributed by atoms with Crippen molar-refractivity contribution in [2.75, 3.05) is 32.8 Å². The van der Waals surface area contributed by atoms with Crippen molar-refractivity contribution < 1.29 is 14.3 Å². The number of amides is 1. The monoisotopic (exact) mass is 369 g/mol. The Labute approximate surface area is 161 Å². The highest BCUT2D eigenvalue weighted by Crippen LogP contribution is 2.29. The molecule has 2 aromatic carbocycles. The maximum absolute atomic E-state index is 12.0. The molecule has 0 saturated carbocycles. The van der Waals surface area contributed by atoms with E-state index in [0.29, 0.717) is 18.1 Å². The van der Waals surface area contributed by atoms with Gasteiger partial charge in [-0.05, 0) is 49.7 Å². The average Bonchev–Trinajstić information content (AvgIpc) is 2.67. The van der Waals surface area contributed by atoms with Crippen molar-refractivity contribution in [1.29, 1.82) is 0 Å². The molecule has 0 radical (unpaired) electrons. The first-order valence-electron chi connectivity index (χ1n) is 8.89. The summed E-state index contributed by atoms with van der Waals surface area (Å²) in [6.45, 7) is 4.13. The molecule has 0 fully saturated rings. The number of anilines is 1. The third-order valence-electron chi connectivity index (χ3n) is 3.87. The minimum absolute atomic E-state index is 0.104. The third kappa shape index (κ3) is 5.74. The van der Waals surface area contributed by atoms with E-state index in [-0.39, 0.29) is 5.91 Å². The van der Waals surface area contributed by atoms with Gasteiger partial charge in [0.15, 0.2) is 17.6 Å². The molecule has 2 aromatic rings. The predicted molar refractivity (Wildman–Crippen MR) is 109 cm³/mol. The number of hydrogen-bond donors (Lipinski definition) is 0. The smallest absolute Gasteiger partial charge is 0.262 e. The van der Waals surface area contributed by atoms with E-state index in [2.05, 4.69) is 5.10 Å². The second-order valence-electron chi connectivity index (χ2n) is 6.24. The van der Waals surface area contributed by atoms with Gasteiger partial charge in [0, 0.05) is 21.1 Å². The first-order valence-corrected chi connectivity index (χ1v) is 8.89. The van der Waals surface area contributed by atoms with Gasteiger partial charge in [0.25, 0.3) is 5.91 Å². The highest BCUT2D eigenvalue weighted by Gasteiger charge is 2.18. The minimum atomic E-state index is -0.595. The molecule has 2 rings (SSSR count). The molecule has 0 N–H and O–H groups in total. The molecule has 1 amide bonds. The fourth-order valence-corrected chi connectivity index (χ4v) is 2.44. The number of benzene rings is 2. The molecule has 0 aliphatic heterocycles. The lowest BCUT2D eigenvalue weighted by molar-refractivity contribution is -0.135. The van der Waals surface area contributed by atoms with Gasteiger partial charge in [-0.2, -0.15) is 5.10 Å². The molecule has 0 heterocycles. The first kappa shape index (κ1) is 20.3. The number of likely N-dealkylation sites (N-methyl/N-ethyl adjacent to an activating group) is 1. The van der Waals surface area contributed by atoms with Gasteiger partial charge in [0.05, 0.1) is 18.5 Å². The van der Waals surface area contributed by atoms with E-state index < -0.39 is 6.10 Å². The fourth-order valence-electron chi connectivity index (χ4n) is 2.44. The number of ether oxygens (including phenoxy) is 2. The first-order chi connectivity index (χ1) is 12.9. The Hall–Kier alpha value is -3.02. The van der Waals surface area contributed by atoms with Gasteiger partial charge in [-0.1, -0.05) is 18.2 Å². The van der Waals surface area contributed by atoms with Crippen LogP contribution in [0.3, 0.4) is 0 Å². The van der Waals surface area contributed by atoms with Crippen molar-refractivity contribution in [1.82, 2.24) is 4.90 Å². The zero-order valence-electron chi connectivity index (χ0n) is 16.5. The van der Waals surface area contributed by atoms with Gasteiger partial charge >= 0.3 is 0 Å². The molecule has 27 heavy (non-hydrogen) atoms. The van der Waals surface area contributed by atoms with Crippen molar-refractivity contribution in [3.8, 4) is 11.5 Å². The molecule has 6 heteroatoms. The standard InChI is InChI=1S/C21H27N3O3/c1-6-26-20-14-17(15-22-24(5)18-10-8-7-9-11-18)12-13-19(20)27-16(2)21(25)23(3)4/h7-16H,6H2,1-5H3/b22-15-/t16-/m0/s1. The number of para-hydroxylation sites is 1. The highest BCUT2D eigenvalue weighted by molar-refractivity contribution is 5.82. The van der Waals surface area contributed by atoms with E-state index in [0.717, 1.165) is 11.3 Å². The summed E-state index contributed by atoms with van der Waals surface area (Å²) in [6, 6.07) is 15.4. The summed E-state index contributed by atoms with van der Waals surface area (Å²) in [6.07, 6.45) is 1.16. The van der Waals surface area contributed by atoms with Crippen LogP contribution in [0.15, 0.2) is 53.6 Å². The molecular weight excluding hydrogens is 342 g/mol. The zero-order valence-corrected chi connectivity index (χ0v) is 16.5.